The fourth-order valence-electron chi connectivity index (χ4n) is 1.77. The Morgan fingerprint density at radius 1 is 1.18 bits per heavy atom. The predicted molar refractivity (Wildman–Crippen MR) is 63.3 cm³/mol. The summed E-state index contributed by atoms with van der Waals surface area (Å²) in [5.41, 5.74) is 7.80. The zero-order valence-electron chi connectivity index (χ0n) is 9.48. The SMILES string of the molecule is Cc1nc(C)c(-c2nc3nc(N)ccc3[nH]2)o1. The van der Waals surface area contributed by atoms with Crippen molar-refractivity contribution in [3.8, 4) is 11.6 Å². The van der Waals surface area contributed by atoms with Gasteiger partial charge in [-0.3, -0.25) is 0 Å². The summed E-state index contributed by atoms with van der Waals surface area (Å²) < 4.78 is 5.50. The van der Waals surface area contributed by atoms with E-state index in [-0.39, 0.29) is 0 Å². The molecule has 0 amide bonds. The number of oxazole rings is 1. The number of aromatic nitrogens is 4. The van der Waals surface area contributed by atoms with Crippen molar-refractivity contribution in [2.24, 2.45) is 0 Å². The number of nitrogen functional groups attached to an aromatic ring is 1. The van der Waals surface area contributed by atoms with E-state index in [4.69, 9.17) is 10.2 Å². The van der Waals surface area contributed by atoms with Crippen LogP contribution in [-0.2, 0) is 0 Å². The lowest BCUT2D eigenvalue weighted by atomic mass is 10.3. The van der Waals surface area contributed by atoms with Gasteiger partial charge in [0.1, 0.15) is 5.82 Å². The van der Waals surface area contributed by atoms with Gasteiger partial charge in [-0.15, -0.1) is 0 Å². The van der Waals surface area contributed by atoms with Crippen molar-refractivity contribution in [3.05, 3.63) is 23.7 Å². The number of aryl methyl sites for hydroxylation is 2. The average molecular weight is 229 g/mol. The third kappa shape index (κ3) is 1.54. The molecule has 0 saturated heterocycles. The highest BCUT2D eigenvalue weighted by atomic mass is 16.4. The van der Waals surface area contributed by atoms with Gasteiger partial charge in [-0.1, -0.05) is 0 Å². The van der Waals surface area contributed by atoms with Crippen LogP contribution in [0.2, 0.25) is 0 Å². The van der Waals surface area contributed by atoms with Crippen molar-refractivity contribution >= 4 is 17.0 Å². The summed E-state index contributed by atoms with van der Waals surface area (Å²) >= 11 is 0. The molecule has 0 atom stereocenters. The standard InChI is InChI=1S/C11H11N5O/c1-5-9(17-6(2)13-5)11-14-7-3-4-8(12)15-10(7)16-11/h3-4H,1-2H3,(H3,12,14,15,16). The van der Waals surface area contributed by atoms with Crippen molar-refractivity contribution in [1.82, 2.24) is 19.9 Å². The van der Waals surface area contributed by atoms with E-state index in [0.29, 0.717) is 28.9 Å². The molecule has 0 fully saturated rings. The molecule has 0 aromatic carbocycles. The number of hydrogen-bond donors (Lipinski definition) is 2. The Bertz CT molecular complexity index is 697. The first-order valence-electron chi connectivity index (χ1n) is 5.20. The maximum absolute atomic E-state index is 5.61. The van der Waals surface area contributed by atoms with Crippen LogP contribution >= 0.6 is 0 Å². The van der Waals surface area contributed by atoms with E-state index in [1.807, 2.05) is 13.0 Å². The molecule has 0 unspecified atom stereocenters. The van der Waals surface area contributed by atoms with E-state index in [2.05, 4.69) is 19.9 Å². The molecule has 3 aromatic rings. The average Bonchev–Trinajstić information content (AvgIpc) is 2.80. The Kier molecular flexibility index (Phi) is 1.91. The number of anilines is 1. The molecule has 0 aliphatic carbocycles. The van der Waals surface area contributed by atoms with Crippen LogP contribution in [0, 0.1) is 13.8 Å². The van der Waals surface area contributed by atoms with Gasteiger partial charge in [0, 0.05) is 6.92 Å². The molecule has 0 bridgehead atoms. The Morgan fingerprint density at radius 2 is 2.00 bits per heavy atom. The predicted octanol–water partition coefficient (Wildman–Crippen LogP) is 1.81. The molecular formula is C11H11N5O. The molecule has 17 heavy (non-hydrogen) atoms. The minimum Gasteiger partial charge on any atom is -0.437 e. The van der Waals surface area contributed by atoms with Crippen LogP contribution in [0.1, 0.15) is 11.6 Å². The van der Waals surface area contributed by atoms with Gasteiger partial charge in [0.25, 0.3) is 0 Å². The molecule has 0 spiro atoms. The van der Waals surface area contributed by atoms with Crippen LogP contribution in [-0.4, -0.2) is 19.9 Å². The Morgan fingerprint density at radius 3 is 2.71 bits per heavy atom. The summed E-state index contributed by atoms with van der Waals surface area (Å²) in [5.74, 6) is 2.32. The lowest BCUT2D eigenvalue weighted by Crippen LogP contribution is -1.88. The molecule has 0 radical (unpaired) electrons. The summed E-state index contributed by atoms with van der Waals surface area (Å²) in [5, 5.41) is 0. The quantitative estimate of drug-likeness (QED) is 0.663. The van der Waals surface area contributed by atoms with Crippen molar-refractivity contribution < 1.29 is 4.42 Å². The normalized spacial score (nSPS) is 11.2. The van der Waals surface area contributed by atoms with E-state index < -0.39 is 0 Å². The maximum Gasteiger partial charge on any atom is 0.192 e. The van der Waals surface area contributed by atoms with Crippen LogP contribution in [0.3, 0.4) is 0 Å². The summed E-state index contributed by atoms with van der Waals surface area (Å²) in [6.45, 7) is 3.68. The first kappa shape index (κ1) is 9.83. The Labute approximate surface area is 96.9 Å². The fraction of sp³-hybridized carbons (Fsp3) is 0.182. The number of nitrogens with two attached hydrogens (primary N) is 1. The first-order valence-corrected chi connectivity index (χ1v) is 5.20. The molecule has 0 aliphatic rings. The molecule has 3 rings (SSSR count). The van der Waals surface area contributed by atoms with Gasteiger partial charge in [0.05, 0.1) is 11.2 Å². The molecule has 86 valence electrons. The number of fused-ring (bicyclic) bond motifs is 1. The molecule has 3 aromatic heterocycles. The number of H-pyrrole nitrogens is 1. The van der Waals surface area contributed by atoms with E-state index in [1.54, 1.807) is 13.0 Å². The van der Waals surface area contributed by atoms with Crippen LogP contribution in [0.25, 0.3) is 22.7 Å². The summed E-state index contributed by atoms with van der Waals surface area (Å²) in [6, 6.07) is 3.56. The molecule has 6 heteroatoms. The summed E-state index contributed by atoms with van der Waals surface area (Å²) in [4.78, 5) is 15.8. The van der Waals surface area contributed by atoms with Crippen molar-refractivity contribution in [2.45, 2.75) is 13.8 Å². The minimum absolute atomic E-state index is 0.445. The van der Waals surface area contributed by atoms with E-state index in [1.165, 1.54) is 0 Å². The molecule has 0 aliphatic heterocycles. The highest BCUT2D eigenvalue weighted by molar-refractivity contribution is 5.76. The second kappa shape index (κ2) is 3.31. The monoisotopic (exact) mass is 229 g/mol. The van der Waals surface area contributed by atoms with E-state index in [9.17, 15) is 0 Å². The Hall–Kier alpha value is -2.37. The number of imidazole rings is 1. The minimum atomic E-state index is 0.445. The summed E-state index contributed by atoms with van der Waals surface area (Å²) in [6.07, 6.45) is 0. The maximum atomic E-state index is 5.61. The second-order valence-electron chi connectivity index (χ2n) is 3.84. The smallest absolute Gasteiger partial charge is 0.192 e. The van der Waals surface area contributed by atoms with Gasteiger partial charge in [-0.25, -0.2) is 15.0 Å². The van der Waals surface area contributed by atoms with Gasteiger partial charge >= 0.3 is 0 Å². The number of rotatable bonds is 1. The largest absolute Gasteiger partial charge is 0.437 e. The number of nitrogens with one attached hydrogen (secondary N) is 1. The van der Waals surface area contributed by atoms with E-state index in [0.717, 1.165) is 11.2 Å². The molecule has 3 N–H and O–H groups in total. The molecule has 0 saturated carbocycles. The Balaban J connectivity index is 2.21. The molecule has 3 heterocycles. The fourth-order valence-corrected chi connectivity index (χ4v) is 1.77. The van der Waals surface area contributed by atoms with Gasteiger partial charge in [-0.2, -0.15) is 0 Å². The van der Waals surface area contributed by atoms with Gasteiger partial charge in [-0.05, 0) is 19.1 Å². The van der Waals surface area contributed by atoms with Crippen LogP contribution < -0.4 is 5.73 Å². The summed E-state index contributed by atoms with van der Waals surface area (Å²) in [7, 11) is 0. The third-order valence-corrected chi connectivity index (χ3v) is 2.49. The number of pyridine rings is 1. The first-order chi connectivity index (χ1) is 8.13. The highest BCUT2D eigenvalue weighted by Gasteiger charge is 2.14. The molecule has 6 nitrogen and oxygen atoms in total. The second-order valence-corrected chi connectivity index (χ2v) is 3.84. The van der Waals surface area contributed by atoms with Gasteiger partial charge in [0.2, 0.25) is 0 Å². The van der Waals surface area contributed by atoms with Crippen LogP contribution in [0.15, 0.2) is 16.5 Å². The van der Waals surface area contributed by atoms with Crippen molar-refractivity contribution in [2.75, 3.05) is 5.73 Å². The zero-order chi connectivity index (χ0) is 12.0. The number of hydrogen-bond acceptors (Lipinski definition) is 5. The number of nitrogens with zero attached hydrogens (tertiary/aromatic N) is 3. The lowest BCUT2D eigenvalue weighted by molar-refractivity contribution is 0.531. The zero-order valence-corrected chi connectivity index (χ0v) is 9.48. The number of aromatic amines is 1. The molecular weight excluding hydrogens is 218 g/mol. The van der Waals surface area contributed by atoms with Gasteiger partial charge < -0.3 is 15.1 Å². The topological polar surface area (TPSA) is 93.6 Å². The lowest BCUT2D eigenvalue weighted by Gasteiger charge is -1.89. The van der Waals surface area contributed by atoms with Crippen LogP contribution in [0.5, 0.6) is 0 Å². The van der Waals surface area contributed by atoms with E-state index >= 15 is 0 Å². The van der Waals surface area contributed by atoms with Gasteiger partial charge in [0.15, 0.2) is 23.1 Å². The van der Waals surface area contributed by atoms with Crippen molar-refractivity contribution in [1.29, 1.82) is 0 Å². The third-order valence-electron chi connectivity index (χ3n) is 2.49. The van der Waals surface area contributed by atoms with Crippen molar-refractivity contribution in [3.63, 3.8) is 0 Å². The van der Waals surface area contributed by atoms with Crippen LogP contribution in [0.4, 0.5) is 5.82 Å². The highest BCUT2D eigenvalue weighted by Crippen LogP contribution is 2.23.